The van der Waals surface area contributed by atoms with Crippen molar-refractivity contribution in [1.29, 1.82) is 0 Å². The lowest BCUT2D eigenvalue weighted by atomic mass is 9.87. The largest absolute Gasteiger partial charge is 0.482 e. The van der Waals surface area contributed by atoms with Crippen LogP contribution in [0.5, 0.6) is 5.75 Å². The number of ether oxygens (including phenoxy) is 2. The summed E-state index contributed by atoms with van der Waals surface area (Å²) < 4.78 is 12.1. The summed E-state index contributed by atoms with van der Waals surface area (Å²) in [5.74, 6) is 0.442. The topological polar surface area (TPSA) is 53.4 Å². The SMILES string of the molecule is COC(=O)COc1cccc(CCCn2cc(C(c3ccccc3)c3ccccc3)cn2)c1. The zero-order valence-electron chi connectivity index (χ0n) is 18.8. The van der Waals surface area contributed by atoms with E-state index in [1.165, 1.54) is 23.8 Å². The molecule has 0 radical (unpaired) electrons. The molecule has 0 N–H and O–H groups in total. The number of carbonyl (C=O) groups is 1. The van der Waals surface area contributed by atoms with Crippen molar-refractivity contribution >= 4 is 5.97 Å². The summed E-state index contributed by atoms with van der Waals surface area (Å²) in [5, 5.41) is 4.64. The van der Waals surface area contributed by atoms with Crippen molar-refractivity contribution in [2.24, 2.45) is 0 Å². The van der Waals surface area contributed by atoms with E-state index in [2.05, 4.69) is 70.6 Å². The summed E-state index contributed by atoms with van der Waals surface area (Å²) in [6.45, 7) is 0.740. The predicted molar refractivity (Wildman–Crippen MR) is 128 cm³/mol. The average Bonchev–Trinajstić information content (AvgIpc) is 3.32. The van der Waals surface area contributed by atoms with Crippen molar-refractivity contribution in [2.45, 2.75) is 25.3 Å². The highest BCUT2D eigenvalue weighted by Gasteiger charge is 2.18. The van der Waals surface area contributed by atoms with Crippen molar-refractivity contribution in [3.63, 3.8) is 0 Å². The van der Waals surface area contributed by atoms with Gasteiger partial charge in [0.15, 0.2) is 6.61 Å². The van der Waals surface area contributed by atoms with E-state index < -0.39 is 0 Å². The van der Waals surface area contributed by atoms with E-state index in [-0.39, 0.29) is 18.5 Å². The number of benzene rings is 3. The highest BCUT2D eigenvalue weighted by atomic mass is 16.6. The maximum atomic E-state index is 11.3. The molecule has 0 saturated carbocycles. The normalized spacial score (nSPS) is 10.8. The van der Waals surface area contributed by atoms with Gasteiger partial charge in [0.25, 0.3) is 0 Å². The molecule has 4 rings (SSSR count). The quantitative estimate of drug-likeness (QED) is 0.316. The van der Waals surface area contributed by atoms with E-state index in [1.807, 2.05) is 41.2 Å². The number of hydrogen-bond acceptors (Lipinski definition) is 4. The van der Waals surface area contributed by atoms with Crippen LogP contribution in [-0.2, 0) is 22.5 Å². The van der Waals surface area contributed by atoms with Gasteiger partial charge in [-0.15, -0.1) is 0 Å². The second-order valence-electron chi connectivity index (χ2n) is 7.91. The number of hydrogen-bond donors (Lipinski definition) is 0. The molecule has 0 unspecified atom stereocenters. The molecule has 1 heterocycles. The van der Waals surface area contributed by atoms with Crippen LogP contribution in [0.25, 0.3) is 0 Å². The lowest BCUT2D eigenvalue weighted by molar-refractivity contribution is -0.142. The lowest BCUT2D eigenvalue weighted by Gasteiger charge is -2.16. The van der Waals surface area contributed by atoms with Gasteiger partial charge in [0.2, 0.25) is 0 Å². The second-order valence-corrected chi connectivity index (χ2v) is 7.91. The van der Waals surface area contributed by atoms with Crippen LogP contribution < -0.4 is 4.74 Å². The molecule has 0 saturated heterocycles. The highest BCUT2D eigenvalue weighted by Crippen LogP contribution is 2.31. The molecule has 0 fully saturated rings. The van der Waals surface area contributed by atoms with Crippen molar-refractivity contribution < 1.29 is 14.3 Å². The molecule has 0 atom stereocenters. The fourth-order valence-electron chi connectivity index (χ4n) is 3.96. The molecule has 0 bridgehead atoms. The summed E-state index contributed by atoms with van der Waals surface area (Å²) in [5.41, 5.74) is 4.86. The van der Waals surface area contributed by atoms with Crippen LogP contribution in [0, 0.1) is 0 Å². The van der Waals surface area contributed by atoms with E-state index in [4.69, 9.17) is 4.74 Å². The van der Waals surface area contributed by atoms with Crippen molar-refractivity contribution in [3.8, 4) is 5.75 Å². The first-order valence-electron chi connectivity index (χ1n) is 11.1. The van der Waals surface area contributed by atoms with Gasteiger partial charge in [-0.1, -0.05) is 72.8 Å². The maximum Gasteiger partial charge on any atom is 0.343 e. The van der Waals surface area contributed by atoms with Gasteiger partial charge >= 0.3 is 5.97 Å². The molecular formula is C28H28N2O3. The Hall–Kier alpha value is -3.86. The lowest BCUT2D eigenvalue weighted by Crippen LogP contribution is -2.12. The summed E-state index contributed by atoms with van der Waals surface area (Å²) in [4.78, 5) is 11.3. The van der Waals surface area contributed by atoms with Crippen LogP contribution in [0.1, 0.15) is 34.6 Å². The molecule has 0 aliphatic rings. The van der Waals surface area contributed by atoms with Crippen LogP contribution >= 0.6 is 0 Å². The van der Waals surface area contributed by atoms with E-state index >= 15 is 0 Å². The molecule has 0 aliphatic heterocycles. The van der Waals surface area contributed by atoms with Gasteiger partial charge in [0.05, 0.1) is 13.3 Å². The van der Waals surface area contributed by atoms with Gasteiger partial charge in [-0.3, -0.25) is 4.68 Å². The molecule has 4 aromatic rings. The summed E-state index contributed by atoms with van der Waals surface area (Å²) in [6, 6.07) is 28.9. The molecule has 5 heteroatoms. The van der Waals surface area contributed by atoms with E-state index in [1.54, 1.807) is 0 Å². The third kappa shape index (κ3) is 6.10. The van der Waals surface area contributed by atoms with Crippen LogP contribution in [0.15, 0.2) is 97.3 Å². The zero-order valence-corrected chi connectivity index (χ0v) is 18.8. The summed E-state index contributed by atoms with van der Waals surface area (Å²) in [6.07, 6.45) is 5.97. The van der Waals surface area contributed by atoms with E-state index in [0.29, 0.717) is 5.75 Å². The van der Waals surface area contributed by atoms with Crippen LogP contribution in [0.4, 0.5) is 0 Å². The zero-order chi connectivity index (χ0) is 22.9. The minimum absolute atomic E-state index is 0.0833. The number of aromatic nitrogens is 2. The average molecular weight is 441 g/mol. The van der Waals surface area contributed by atoms with E-state index in [0.717, 1.165) is 24.9 Å². The molecule has 33 heavy (non-hydrogen) atoms. The van der Waals surface area contributed by atoms with Crippen molar-refractivity contribution in [1.82, 2.24) is 9.78 Å². The third-order valence-electron chi connectivity index (χ3n) is 5.59. The first-order valence-corrected chi connectivity index (χ1v) is 11.1. The van der Waals surface area contributed by atoms with Crippen molar-refractivity contribution in [2.75, 3.05) is 13.7 Å². The number of rotatable bonds is 10. The van der Waals surface area contributed by atoms with Crippen molar-refractivity contribution in [3.05, 3.63) is 120 Å². The van der Waals surface area contributed by atoms with E-state index in [9.17, 15) is 4.79 Å². The Morgan fingerprint density at radius 1 is 0.909 bits per heavy atom. The Morgan fingerprint density at radius 3 is 2.27 bits per heavy atom. The van der Waals surface area contributed by atoms with Crippen LogP contribution in [0.2, 0.25) is 0 Å². The molecule has 1 aromatic heterocycles. The minimum atomic E-state index is -0.390. The third-order valence-corrected chi connectivity index (χ3v) is 5.59. The first kappa shape index (κ1) is 22.3. The van der Waals surface area contributed by atoms with Crippen LogP contribution in [0.3, 0.4) is 0 Å². The molecule has 168 valence electrons. The Bertz CT molecular complexity index is 1120. The molecule has 5 nitrogen and oxygen atoms in total. The Kier molecular flexibility index (Phi) is 7.54. The molecule has 0 aliphatic carbocycles. The Labute approximate surface area is 194 Å². The fraction of sp³-hybridized carbons (Fsp3) is 0.214. The molecule has 0 spiro atoms. The van der Waals surface area contributed by atoms with Gasteiger partial charge < -0.3 is 9.47 Å². The molecule has 0 amide bonds. The number of esters is 1. The number of aryl methyl sites for hydroxylation is 2. The first-order chi connectivity index (χ1) is 16.2. The highest BCUT2D eigenvalue weighted by molar-refractivity contribution is 5.70. The van der Waals surface area contributed by atoms with Gasteiger partial charge in [-0.25, -0.2) is 4.79 Å². The van der Waals surface area contributed by atoms with Gasteiger partial charge in [0.1, 0.15) is 5.75 Å². The second kappa shape index (κ2) is 11.1. The maximum absolute atomic E-state index is 11.3. The number of nitrogens with zero attached hydrogens (tertiary/aromatic N) is 2. The summed E-state index contributed by atoms with van der Waals surface area (Å²) in [7, 11) is 1.35. The van der Waals surface area contributed by atoms with Crippen LogP contribution in [-0.4, -0.2) is 29.5 Å². The number of carbonyl (C=O) groups excluding carboxylic acids is 1. The predicted octanol–water partition coefficient (Wildman–Crippen LogP) is 5.25. The van der Waals surface area contributed by atoms with Gasteiger partial charge in [-0.2, -0.15) is 5.10 Å². The minimum Gasteiger partial charge on any atom is -0.482 e. The van der Waals surface area contributed by atoms with Gasteiger partial charge in [0, 0.05) is 24.2 Å². The standard InChI is InChI=1S/C28H28N2O3/c1-32-27(31)21-33-26-16-8-10-22(18-26)11-9-17-30-20-25(19-29-30)28(23-12-4-2-5-13-23)24-14-6-3-7-15-24/h2-8,10,12-16,18-20,28H,9,11,17,21H2,1H3. The van der Waals surface area contributed by atoms with Gasteiger partial charge in [-0.05, 0) is 41.7 Å². The fourth-order valence-corrected chi connectivity index (χ4v) is 3.96. The molecular weight excluding hydrogens is 412 g/mol. The Balaban J connectivity index is 1.40. The Morgan fingerprint density at radius 2 is 1.61 bits per heavy atom. The summed E-state index contributed by atoms with van der Waals surface area (Å²) >= 11 is 0. The smallest absolute Gasteiger partial charge is 0.343 e. The molecule has 3 aromatic carbocycles. The monoisotopic (exact) mass is 440 g/mol. The number of methoxy groups -OCH3 is 1.